The first-order valence-electron chi connectivity index (χ1n) is 7.95. The molecule has 1 amide bonds. The second-order valence-electron chi connectivity index (χ2n) is 5.71. The number of rotatable bonds is 5. The number of carbonyl (C=O) groups is 1. The lowest BCUT2D eigenvalue weighted by atomic mass is 10.1. The van der Waals surface area contributed by atoms with Crippen LogP contribution in [0.2, 0.25) is 5.02 Å². The maximum Gasteiger partial charge on any atom is 0.268 e. The maximum atomic E-state index is 12.7. The normalized spacial score (nSPS) is 11.0. The summed E-state index contributed by atoms with van der Waals surface area (Å²) in [6.07, 6.45) is 0.755. The van der Waals surface area contributed by atoms with E-state index in [0.717, 1.165) is 28.5 Å². The van der Waals surface area contributed by atoms with Crippen molar-refractivity contribution in [2.75, 3.05) is 13.1 Å². The molecule has 3 N–H and O–H groups in total. The number of aromatic nitrogens is 1. The minimum absolute atomic E-state index is 0.0968. The van der Waals surface area contributed by atoms with Crippen LogP contribution in [0.25, 0.3) is 22.0 Å². The molecule has 2 aromatic carbocycles. The molecule has 0 bridgehead atoms. The van der Waals surface area contributed by atoms with Gasteiger partial charge in [-0.25, -0.2) is 0 Å². The number of nitrogens with zero attached hydrogens (tertiary/aromatic N) is 1. The van der Waals surface area contributed by atoms with Crippen LogP contribution in [0.4, 0.5) is 0 Å². The Labute approximate surface area is 146 Å². The number of fused-ring (bicyclic) bond motifs is 1. The standard InChI is InChI=1S/C19H20ClN3O/c1-23-17(13-6-3-2-4-7-13)16-12-14(20)8-9-15(16)18(23)19(24)22-11-5-10-21/h2-4,6-9,12H,5,10-11,21H2,1H3,(H,22,24). The second-order valence-corrected chi connectivity index (χ2v) is 6.15. The molecule has 3 rings (SSSR count). The van der Waals surface area contributed by atoms with Crippen molar-refractivity contribution in [1.29, 1.82) is 0 Å². The summed E-state index contributed by atoms with van der Waals surface area (Å²) in [6.45, 7) is 1.12. The van der Waals surface area contributed by atoms with Gasteiger partial charge < -0.3 is 15.6 Å². The predicted octanol–water partition coefficient (Wildman–Crippen LogP) is 3.58. The molecule has 24 heavy (non-hydrogen) atoms. The lowest BCUT2D eigenvalue weighted by Crippen LogP contribution is -2.27. The van der Waals surface area contributed by atoms with Crippen molar-refractivity contribution in [1.82, 2.24) is 9.88 Å². The van der Waals surface area contributed by atoms with Crippen molar-refractivity contribution in [3.8, 4) is 11.3 Å². The molecule has 0 radical (unpaired) electrons. The lowest BCUT2D eigenvalue weighted by Gasteiger charge is -2.09. The van der Waals surface area contributed by atoms with Crippen molar-refractivity contribution >= 4 is 28.3 Å². The molecule has 0 atom stereocenters. The van der Waals surface area contributed by atoms with E-state index in [1.165, 1.54) is 0 Å². The average Bonchev–Trinajstić information content (AvgIpc) is 2.87. The molecule has 0 saturated heterocycles. The average molecular weight is 342 g/mol. The number of halogens is 1. The van der Waals surface area contributed by atoms with Crippen LogP contribution in [0, 0.1) is 0 Å². The molecule has 0 aliphatic carbocycles. The van der Waals surface area contributed by atoms with Crippen LogP contribution in [0.5, 0.6) is 0 Å². The van der Waals surface area contributed by atoms with E-state index in [4.69, 9.17) is 17.3 Å². The molecule has 1 aromatic heterocycles. The van der Waals surface area contributed by atoms with E-state index < -0.39 is 0 Å². The Morgan fingerprint density at radius 1 is 1.17 bits per heavy atom. The molecule has 0 aliphatic rings. The van der Waals surface area contributed by atoms with Crippen LogP contribution in [0.3, 0.4) is 0 Å². The zero-order valence-electron chi connectivity index (χ0n) is 13.6. The zero-order chi connectivity index (χ0) is 17.1. The highest BCUT2D eigenvalue weighted by atomic mass is 35.5. The quantitative estimate of drug-likeness (QED) is 0.697. The molecule has 4 nitrogen and oxygen atoms in total. The van der Waals surface area contributed by atoms with Crippen molar-refractivity contribution in [2.45, 2.75) is 6.42 Å². The van der Waals surface area contributed by atoms with Gasteiger partial charge in [-0.1, -0.05) is 48.0 Å². The molecule has 0 unspecified atom stereocenters. The summed E-state index contributed by atoms with van der Waals surface area (Å²) in [5.74, 6) is -0.0968. The fourth-order valence-corrected chi connectivity index (χ4v) is 3.17. The van der Waals surface area contributed by atoms with Crippen LogP contribution < -0.4 is 11.1 Å². The van der Waals surface area contributed by atoms with E-state index in [2.05, 4.69) is 5.32 Å². The highest BCUT2D eigenvalue weighted by Crippen LogP contribution is 2.34. The Morgan fingerprint density at radius 3 is 2.62 bits per heavy atom. The van der Waals surface area contributed by atoms with Crippen LogP contribution in [0.15, 0.2) is 48.5 Å². The van der Waals surface area contributed by atoms with Crippen LogP contribution in [-0.2, 0) is 7.05 Å². The first-order valence-corrected chi connectivity index (χ1v) is 8.33. The second kappa shape index (κ2) is 7.07. The van der Waals surface area contributed by atoms with Gasteiger partial charge in [-0.15, -0.1) is 0 Å². The number of hydrogen-bond acceptors (Lipinski definition) is 2. The van der Waals surface area contributed by atoms with E-state index in [0.29, 0.717) is 23.8 Å². The van der Waals surface area contributed by atoms with Gasteiger partial charge in [0.2, 0.25) is 0 Å². The van der Waals surface area contributed by atoms with Gasteiger partial charge in [0.15, 0.2) is 0 Å². The minimum Gasteiger partial charge on any atom is -0.351 e. The fraction of sp³-hybridized carbons (Fsp3) is 0.211. The van der Waals surface area contributed by atoms with Gasteiger partial charge >= 0.3 is 0 Å². The van der Waals surface area contributed by atoms with Gasteiger partial charge in [-0.2, -0.15) is 0 Å². The summed E-state index contributed by atoms with van der Waals surface area (Å²) in [6, 6.07) is 15.6. The van der Waals surface area contributed by atoms with Crippen molar-refractivity contribution in [3.63, 3.8) is 0 Å². The minimum atomic E-state index is -0.0968. The van der Waals surface area contributed by atoms with E-state index in [9.17, 15) is 4.79 Å². The van der Waals surface area contributed by atoms with Gasteiger partial charge in [0.05, 0.1) is 5.69 Å². The number of nitrogens with two attached hydrogens (primary N) is 1. The van der Waals surface area contributed by atoms with Gasteiger partial charge in [-0.05, 0) is 30.7 Å². The van der Waals surface area contributed by atoms with E-state index in [-0.39, 0.29) is 5.91 Å². The van der Waals surface area contributed by atoms with Gasteiger partial charge in [0.1, 0.15) is 5.69 Å². The Balaban J connectivity index is 2.17. The highest BCUT2D eigenvalue weighted by Gasteiger charge is 2.20. The maximum absolute atomic E-state index is 12.7. The molecule has 0 saturated carbocycles. The monoisotopic (exact) mass is 341 g/mol. The third-order valence-electron chi connectivity index (χ3n) is 4.09. The summed E-state index contributed by atoms with van der Waals surface area (Å²) in [7, 11) is 1.91. The smallest absolute Gasteiger partial charge is 0.268 e. The lowest BCUT2D eigenvalue weighted by molar-refractivity contribution is 0.0947. The van der Waals surface area contributed by atoms with Gasteiger partial charge in [0, 0.05) is 29.4 Å². The van der Waals surface area contributed by atoms with Crippen molar-refractivity contribution in [3.05, 3.63) is 59.2 Å². The summed E-state index contributed by atoms with van der Waals surface area (Å²) >= 11 is 6.20. The number of benzene rings is 2. The number of amides is 1. The topological polar surface area (TPSA) is 60.0 Å². The summed E-state index contributed by atoms with van der Waals surface area (Å²) < 4.78 is 1.94. The molecule has 5 heteroatoms. The Hall–Kier alpha value is -2.30. The molecule has 3 aromatic rings. The van der Waals surface area contributed by atoms with Crippen LogP contribution in [-0.4, -0.2) is 23.6 Å². The molecule has 0 fully saturated rings. The molecule has 124 valence electrons. The molecule has 0 spiro atoms. The summed E-state index contributed by atoms with van der Waals surface area (Å²) in [4.78, 5) is 12.7. The molecular weight excluding hydrogens is 322 g/mol. The highest BCUT2D eigenvalue weighted by molar-refractivity contribution is 6.31. The third kappa shape index (κ3) is 3.03. The first kappa shape index (κ1) is 16.6. The Kier molecular flexibility index (Phi) is 4.88. The fourth-order valence-electron chi connectivity index (χ4n) is 3.00. The van der Waals surface area contributed by atoms with E-state index >= 15 is 0 Å². The van der Waals surface area contributed by atoms with Crippen molar-refractivity contribution in [2.24, 2.45) is 12.8 Å². The largest absolute Gasteiger partial charge is 0.351 e. The van der Waals surface area contributed by atoms with Crippen LogP contribution in [0.1, 0.15) is 16.9 Å². The van der Waals surface area contributed by atoms with Gasteiger partial charge in [0.25, 0.3) is 5.91 Å². The molecular formula is C19H20ClN3O. The SMILES string of the molecule is Cn1c(C(=O)NCCCN)c2ccc(Cl)cc2c1-c1ccccc1. The summed E-state index contributed by atoms with van der Waals surface area (Å²) in [5.41, 5.74) is 8.17. The Bertz CT molecular complexity index is 871. The van der Waals surface area contributed by atoms with Gasteiger partial charge in [-0.3, -0.25) is 4.79 Å². The third-order valence-corrected chi connectivity index (χ3v) is 4.33. The van der Waals surface area contributed by atoms with Crippen molar-refractivity contribution < 1.29 is 4.79 Å². The first-order chi connectivity index (χ1) is 11.6. The van der Waals surface area contributed by atoms with E-state index in [1.807, 2.05) is 60.1 Å². The molecule has 0 aliphatic heterocycles. The Morgan fingerprint density at radius 2 is 1.92 bits per heavy atom. The van der Waals surface area contributed by atoms with E-state index in [1.54, 1.807) is 0 Å². The van der Waals surface area contributed by atoms with Crippen LogP contribution >= 0.6 is 11.6 Å². The number of nitrogens with one attached hydrogen (secondary N) is 1. The zero-order valence-corrected chi connectivity index (χ0v) is 14.3. The summed E-state index contributed by atoms with van der Waals surface area (Å²) in [5, 5.41) is 5.46. The number of carbonyl (C=O) groups excluding carboxylic acids is 1. The molecule has 1 heterocycles. The number of hydrogen-bond donors (Lipinski definition) is 2. The predicted molar refractivity (Wildman–Crippen MR) is 99.4 cm³/mol.